The summed E-state index contributed by atoms with van der Waals surface area (Å²) < 4.78 is 0. The molecule has 5 nitrogen and oxygen atoms in total. The van der Waals surface area contributed by atoms with E-state index in [-0.39, 0.29) is 5.91 Å². The Morgan fingerprint density at radius 2 is 1.71 bits per heavy atom. The minimum Gasteiger partial charge on any atom is -0.372 e. The number of carbonyl (C=O) groups excluding carboxylic acids is 1. The molecule has 2 aromatic carbocycles. The van der Waals surface area contributed by atoms with E-state index in [0.29, 0.717) is 22.1 Å². The second-order valence-electron chi connectivity index (χ2n) is 6.73. The Morgan fingerprint density at radius 3 is 2.39 bits per heavy atom. The standard InChI is InChI=1S/C22H21ClN4O/c23-19-5-1-2-6-20(19)26-22(28)16-7-12-21(24-15-16)25-17-8-10-18(11-9-17)27-13-3-4-14-27/h1-2,5-12,15H,3-4,13-14H2,(H,24,25)(H,26,28). The molecule has 0 radical (unpaired) electrons. The lowest BCUT2D eigenvalue weighted by Crippen LogP contribution is -2.17. The average molecular weight is 393 g/mol. The van der Waals surface area contributed by atoms with Crippen LogP contribution in [-0.2, 0) is 0 Å². The van der Waals surface area contributed by atoms with Crippen LogP contribution in [0.1, 0.15) is 23.2 Å². The third-order valence-electron chi connectivity index (χ3n) is 4.76. The number of carbonyl (C=O) groups is 1. The molecule has 2 heterocycles. The molecule has 1 aromatic heterocycles. The van der Waals surface area contributed by atoms with Gasteiger partial charge in [0.25, 0.3) is 5.91 Å². The van der Waals surface area contributed by atoms with Crippen molar-refractivity contribution in [3.63, 3.8) is 0 Å². The van der Waals surface area contributed by atoms with Gasteiger partial charge in [-0.05, 0) is 61.4 Å². The van der Waals surface area contributed by atoms with Crippen LogP contribution in [0.15, 0.2) is 66.9 Å². The Balaban J connectivity index is 1.39. The molecular weight excluding hydrogens is 372 g/mol. The SMILES string of the molecule is O=C(Nc1ccccc1Cl)c1ccc(Nc2ccc(N3CCCC3)cc2)nc1. The first-order valence-electron chi connectivity index (χ1n) is 9.33. The number of hydrogen-bond donors (Lipinski definition) is 2. The Bertz CT molecular complexity index is 951. The maximum absolute atomic E-state index is 12.4. The van der Waals surface area contributed by atoms with Gasteiger partial charge < -0.3 is 15.5 Å². The number of anilines is 4. The molecule has 0 spiro atoms. The first-order chi connectivity index (χ1) is 13.7. The number of nitrogens with zero attached hydrogens (tertiary/aromatic N) is 2. The van der Waals surface area contributed by atoms with Gasteiger partial charge >= 0.3 is 0 Å². The number of halogens is 1. The van der Waals surface area contributed by atoms with E-state index in [9.17, 15) is 4.79 Å². The Hall–Kier alpha value is -3.05. The van der Waals surface area contributed by atoms with Crippen LogP contribution in [0.25, 0.3) is 0 Å². The number of rotatable bonds is 5. The van der Waals surface area contributed by atoms with Gasteiger partial charge in [-0.1, -0.05) is 23.7 Å². The molecule has 28 heavy (non-hydrogen) atoms. The lowest BCUT2D eigenvalue weighted by Gasteiger charge is -2.17. The highest BCUT2D eigenvalue weighted by Gasteiger charge is 2.12. The summed E-state index contributed by atoms with van der Waals surface area (Å²) in [5.74, 6) is 0.435. The van der Waals surface area contributed by atoms with Crippen molar-refractivity contribution in [2.75, 3.05) is 28.6 Å². The van der Waals surface area contributed by atoms with E-state index in [2.05, 4.69) is 32.7 Å². The Kier molecular flexibility index (Phi) is 5.44. The summed E-state index contributed by atoms with van der Waals surface area (Å²) in [4.78, 5) is 19.1. The quantitative estimate of drug-likeness (QED) is 0.616. The van der Waals surface area contributed by atoms with Crippen molar-refractivity contribution < 1.29 is 4.79 Å². The van der Waals surface area contributed by atoms with Gasteiger partial charge in [-0.2, -0.15) is 0 Å². The van der Waals surface area contributed by atoms with Crippen molar-refractivity contribution in [1.82, 2.24) is 4.98 Å². The van der Waals surface area contributed by atoms with Crippen molar-refractivity contribution in [2.24, 2.45) is 0 Å². The largest absolute Gasteiger partial charge is 0.372 e. The molecule has 3 aromatic rings. The second-order valence-corrected chi connectivity index (χ2v) is 7.14. The van der Waals surface area contributed by atoms with Crippen molar-refractivity contribution in [2.45, 2.75) is 12.8 Å². The van der Waals surface area contributed by atoms with Gasteiger partial charge in [0.2, 0.25) is 0 Å². The van der Waals surface area contributed by atoms with Crippen LogP contribution >= 0.6 is 11.6 Å². The van der Waals surface area contributed by atoms with Gasteiger partial charge in [0, 0.05) is 30.7 Å². The number of benzene rings is 2. The minimum absolute atomic E-state index is 0.248. The van der Waals surface area contributed by atoms with Crippen LogP contribution in [0.2, 0.25) is 5.02 Å². The van der Waals surface area contributed by atoms with Crippen molar-refractivity contribution in [1.29, 1.82) is 0 Å². The average Bonchev–Trinajstić information content (AvgIpc) is 3.26. The third kappa shape index (κ3) is 4.26. The van der Waals surface area contributed by atoms with Gasteiger partial charge in [0.1, 0.15) is 5.82 Å². The molecule has 0 saturated carbocycles. The first-order valence-corrected chi connectivity index (χ1v) is 9.71. The molecule has 0 atom stereocenters. The number of aromatic nitrogens is 1. The smallest absolute Gasteiger partial charge is 0.257 e. The van der Waals surface area contributed by atoms with E-state index in [4.69, 9.17) is 11.6 Å². The number of nitrogens with one attached hydrogen (secondary N) is 2. The first kappa shape index (κ1) is 18.3. The Morgan fingerprint density at radius 1 is 0.964 bits per heavy atom. The van der Waals surface area contributed by atoms with E-state index in [1.807, 2.05) is 24.3 Å². The van der Waals surface area contributed by atoms with E-state index in [1.54, 1.807) is 30.5 Å². The molecule has 1 aliphatic rings. The molecule has 6 heteroatoms. The molecule has 4 rings (SSSR count). The summed E-state index contributed by atoms with van der Waals surface area (Å²) in [7, 11) is 0. The molecule has 1 fully saturated rings. The minimum atomic E-state index is -0.248. The van der Waals surface area contributed by atoms with Gasteiger partial charge in [-0.15, -0.1) is 0 Å². The number of hydrogen-bond acceptors (Lipinski definition) is 4. The van der Waals surface area contributed by atoms with Gasteiger partial charge in [-0.25, -0.2) is 4.98 Å². The summed E-state index contributed by atoms with van der Waals surface area (Å²) in [6.07, 6.45) is 4.08. The van der Waals surface area contributed by atoms with Crippen LogP contribution in [0.5, 0.6) is 0 Å². The van der Waals surface area contributed by atoms with Gasteiger partial charge in [-0.3, -0.25) is 4.79 Å². The van der Waals surface area contributed by atoms with Crippen LogP contribution in [0.3, 0.4) is 0 Å². The molecule has 0 unspecified atom stereocenters. The van der Waals surface area contributed by atoms with E-state index < -0.39 is 0 Å². The van der Waals surface area contributed by atoms with Crippen LogP contribution in [0.4, 0.5) is 22.9 Å². The fourth-order valence-corrected chi connectivity index (χ4v) is 3.42. The molecule has 1 saturated heterocycles. The van der Waals surface area contributed by atoms with Gasteiger partial charge in [0.05, 0.1) is 16.3 Å². The monoisotopic (exact) mass is 392 g/mol. The van der Waals surface area contributed by atoms with Gasteiger partial charge in [0.15, 0.2) is 0 Å². The van der Waals surface area contributed by atoms with Crippen LogP contribution in [-0.4, -0.2) is 24.0 Å². The van der Waals surface area contributed by atoms with E-state index in [1.165, 1.54) is 18.5 Å². The molecule has 142 valence electrons. The zero-order chi connectivity index (χ0) is 19.3. The van der Waals surface area contributed by atoms with E-state index in [0.717, 1.165) is 18.8 Å². The summed E-state index contributed by atoms with van der Waals surface area (Å²) >= 11 is 6.08. The lowest BCUT2D eigenvalue weighted by molar-refractivity contribution is 0.102. The summed E-state index contributed by atoms with van der Waals surface area (Å²) in [6, 6.07) is 19.0. The molecule has 1 aliphatic heterocycles. The maximum atomic E-state index is 12.4. The van der Waals surface area contributed by atoms with Crippen LogP contribution < -0.4 is 15.5 Å². The van der Waals surface area contributed by atoms with Crippen molar-refractivity contribution in [3.8, 4) is 0 Å². The molecule has 1 amide bonds. The summed E-state index contributed by atoms with van der Waals surface area (Å²) in [5.41, 5.74) is 3.26. The highest BCUT2D eigenvalue weighted by atomic mass is 35.5. The molecular formula is C22H21ClN4O. The van der Waals surface area contributed by atoms with Crippen molar-refractivity contribution >= 4 is 40.4 Å². The highest BCUT2D eigenvalue weighted by Crippen LogP contribution is 2.24. The number of para-hydroxylation sites is 1. The summed E-state index contributed by atoms with van der Waals surface area (Å²) in [6.45, 7) is 2.26. The predicted molar refractivity (Wildman–Crippen MR) is 115 cm³/mol. The number of pyridine rings is 1. The third-order valence-corrected chi connectivity index (χ3v) is 5.09. The second kappa shape index (κ2) is 8.31. The molecule has 0 aliphatic carbocycles. The normalized spacial score (nSPS) is 13.4. The fraction of sp³-hybridized carbons (Fsp3) is 0.182. The van der Waals surface area contributed by atoms with E-state index >= 15 is 0 Å². The molecule has 0 bridgehead atoms. The lowest BCUT2D eigenvalue weighted by atomic mass is 10.2. The topological polar surface area (TPSA) is 57.3 Å². The zero-order valence-corrected chi connectivity index (χ0v) is 16.1. The Labute approximate surface area is 169 Å². The number of amides is 1. The maximum Gasteiger partial charge on any atom is 0.257 e. The molecule has 2 N–H and O–H groups in total. The van der Waals surface area contributed by atoms with Crippen LogP contribution in [0, 0.1) is 0 Å². The fourth-order valence-electron chi connectivity index (χ4n) is 3.24. The van der Waals surface area contributed by atoms with Crippen molar-refractivity contribution in [3.05, 3.63) is 77.4 Å². The summed E-state index contributed by atoms with van der Waals surface area (Å²) in [5, 5.41) is 6.56. The predicted octanol–water partition coefficient (Wildman–Crippen LogP) is 5.33. The zero-order valence-electron chi connectivity index (χ0n) is 15.4. The highest BCUT2D eigenvalue weighted by molar-refractivity contribution is 6.33.